The summed E-state index contributed by atoms with van der Waals surface area (Å²) in [5, 5.41) is 4.53. The van der Waals surface area contributed by atoms with Gasteiger partial charge in [-0.25, -0.2) is 19.2 Å². The molecule has 2 aromatic carbocycles. The normalized spacial score (nSPS) is 13.0. The molecule has 0 bridgehead atoms. The first-order chi connectivity index (χ1) is 19.8. The van der Waals surface area contributed by atoms with Gasteiger partial charge in [0.2, 0.25) is 0 Å². The number of nitrogen functional groups attached to an aromatic ring is 1. The molecule has 0 fully saturated rings. The number of hydrogen-bond acceptors (Lipinski definition) is 4. The Hall–Kier alpha value is -4.57. The number of carbonyl (C=O) groups is 1. The van der Waals surface area contributed by atoms with Crippen LogP contribution in [-0.2, 0) is 5.92 Å². The van der Waals surface area contributed by atoms with Gasteiger partial charge in [-0.1, -0.05) is 12.1 Å². The Morgan fingerprint density at radius 3 is 2.09 bits per heavy atom. The molecule has 2 aromatic heterocycles. The van der Waals surface area contributed by atoms with Crippen LogP contribution in [0.2, 0.25) is 0 Å². The minimum Gasteiger partial charge on any atom is -0.383 e. The second kappa shape index (κ2) is 10.6. The lowest BCUT2D eigenvalue weighted by Gasteiger charge is -2.34. The maximum atomic E-state index is 14.3. The Morgan fingerprint density at radius 1 is 0.884 bits per heavy atom. The van der Waals surface area contributed by atoms with Gasteiger partial charge in [0.1, 0.15) is 23.6 Å². The fourth-order valence-corrected chi connectivity index (χ4v) is 4.11. The van der Waals surface area contributed by atoms with E-state index >= 15 is 0 Å². The van der Waals surface area contributed by atoms with Crippen molar-refractivity contribution in [3.63, 3.8) is 0 Å². The molecule has 4 N–H and O–H groups in total. The van der Waals surface area contributed by atoms with Crippen molar-refractivity contribution in [1.29, 1.82) is 0 Å². The Labute approximate surface area is 235 Å². The molecule has 0 unspecified atom stereocenters. The molecule has 4 rings (SSSR count). The third-order valence-electron chi connectivity index (χ3n) is 6.37. The van der Waals surface area contributed by atoms with E-state index in [1.807, 2.05) is 18.4 Å². The minimum atomic E-state index is -7.14. The zero-order valence-corrected chi connectivity index (χ0v) is 21.9. The number of halogens is 10. The summed E-state index contributed by atoms with van der Waals surface area (Å²) in [4.78, 5) is 20.7. The lowest BCUT2D eigenvalue weighted by Crippen LogP contribution is -2.59. The molecule has 43 heavy (non-hydrogen) atoms. The van der Waals surface area contributed by atoms with Crippen LogP contribution in [-0.4, -0.2) is 38.6 Å². The van der Waals surface area contributed by atoms with E-state index in [1.165, 1.54) is 18.5 Å². The van der Waals surface area contributed by atoms with E-state index in [-0.39, 0.29) is 35.7 Å². The number of aromatic nitrogens is 3. The van der Waals surface area contributed by atoms with Gasteiger partial charge >= 0.3 is 30.0 Å². The van der Waals surface area contributed by atoms with Gasteiger partial charge in [0.15, 0.2) is 0 Å². The molecule has 2 heterocycles. The summed E-state index contributed by atoms with van der Waals surface area (Å²) < 4.78 is 136. The van der Waals surface area contributed by atoms with Crippen molar-refractivity contribution in [1.82, 2.24) is 14.5 Å². The summed E-state index contributed by atoms with van der Waals surface area (Å²) in [6.45, 7) is 3.85. The molecule has 2 amide bonds. The zero-order chi connectivity index (χ0) is 32.1. The SMILES string of the molecule is CC(C)n1cc(-c2ccc(NC(=O)Nc3cc(C(F)(F)C(F)(F)C(F)(F)C(F)(F)F)ccc3F)cc2)c2c(N)ncnc21. The molecule has 0 atom stereocenters. The Kier molecular flexibility index (Phi) is 7.74. The molecule has 0 aliphatic rings. The summed E-state index contributed by atoms with van der Waals surface area (Å²) in [5.74, 6) is -21.5. The highest BCUT2D eigenvalue weighted by Gasteiger charge is 2.82. The van der Waals surface area contributed by atoms with Crippen molar-refractivity contribution in [2.45, 2.75) is 43.8 Å². The number of nitrogens with two attached hydrogens (primary N) is 1. The first-order valence-electron chi connectivity index (χ1n) is 12.1. The molecular formula is C26H20F10N6O. The van der Waals surface area contributed by atoms with Gasteiger partial charge in [-0.15, -0.1) is 0 Å². The van der Waals surface area contributed by atoms with Crippen LogP contribution in [0.25, 0.3) is 22.2 Å². The lowest BCUT2D eigenvalue weighted by molar-refractivity contribution is -0.399. The molecule has 230 valence electrons. The quantitative estimate of drug-likeness (QED) is 0.182. The summed E-state index contributed by atoms with van der Waals surface area (Å²) in [5.41, 5.74) is 4.68. The Bertz CT molecular complexity index is 1670. The molecule has 0 spiro atoms. The van der Waals surface area contributed by atoms with Crippen molar-refractivity contribution >= 4 is 34.3 Å². The van der Waals surface area contributed by atoms with E-state index in [4.69, 9.17) is 5.73 Å². The second-order valence-electron chi connectivity index (χ2n) is 9.57. The Morgan fingerprint density at radius 2 is 1.51 bits per heavy atom. The van der Waals surface area contributed by atoms with Gasteiger partial charge in [0.05, 0.1) is 11.1 Å². The van der Waals surface area contributed by atoms with E-state index in [2.05, 4.69) is 15.3 Å². The summed E-state index contributed by atoms with van der Waals surface area (Å²) in [6, 6.07) is 4.47. The Balaban J connectivity index is 1.56. The average Bonchev–Trinajstić information content (AvgIpc) is 3.31. The highest BCUT2D eigenvalue weighted by molar-refractivity contribution is 6.02. The molecule has 0 aliphatic carbocycles. The molecule has 7 nitrogen and oxygen atoms in total. The second-order valence-corrected chi connectivity index (χ2v) is 9.57. The summed E-state index contributed by atoms with van der Waals surface area (Å²) in [6.07, 6.45) is -3.91. The zero-order valence-electron chi connectivity index (χ0n) is 21.9. The number of hydrogen-bond donors (Lipinski definition) is 3. The number of nitrogens with one attached hydrogen (secondary N) is 2. The first-order valence-corrected chi connectivity index (χ1v) is 12.1. The number of carbonyl (C=O) groups excluding carboxylic acids is 1. The smallest absolute Gasteiger partial charge is 0.383 e. The van der Waals surface area contributed by atoms with E-state index in [0.717, 1.165) is 0 Å². The van der Waals surface area contributed by atoms with Crippen LogP contribution in [0.4, 0.5) is 65.9 Å². The maximum Gasteiger partial charge on any atom is 0.460 e. The van der Waals surface area contributed by atoms with Gasteiger partial charge in [-0.2, -0.15) is 39.5 Å². The predicted octanol–water partition coefficient (Wildman–Crippen LogP) is 7.97. The first kappa shape index (κ1) is 31.4. The molecule has 0 aliphatic heterocycles. The van der Waals surface area contributed by atoms with Crippen LogP contribution in [0.1, 0.15) is 25.5 Å². The summed E-state index contributed by atoms with van der Waals surface area (Å²) in [7, 11) is 0. The number of rotatable bonds is 7. The molecule has 17 heteroatoms. The molecular weight excluding hydrogens is 602 g/mol. The van der Waals surface area contributed by atoms with Crippen molar-refractivity contribution < 1.29 is 48.7 Å². The highest BCUT2D eigenvalue weighted by atomic mass is 19.4. The third kappa shape index (κ3) is 5.38. The van der Waals surface area contributed by atoms with Gasteiger partial charge in [0.25, 0.3) is 0 Å². The summed E-state index contributed by atoms with van der Waals surface area (Å²) >= 11 is 0. The minimum absolute atomic E-state index is 0.0152. The standard InChI is InChI=1S/C26H20F10N6O/c1-12(2)42-10-16(19-20(37)38-11-39-21(19)42)13-3-6-15(7-4-13)40-22(43)41-18-9-14(5-8-17(18)27)23(28,29)24(30,31)25(32,33)26(34,35)36/h3-12H,1-2H3,(H2,37,38,39)(H2,40,41,43). The third-order valence-corrected chi connectivity index (χ3v) is 6.37. The monoisotopic (exact) mass is 622 g/mol. The van der Waals surface area contributed by atoms with E-state index in [1.54, 1.807) is 23.6 Å². The number of fused-ring (bicyclic) bond motifs is 1. The molecule has 0 saturated heterocycles. The maximum absolute atomic E-state index is 14.3. The highest BCUT2D eigenvalue weighted by Crippen LogP contribution is 2.56. The molecule has 0 saturated carbocycles. The lowest BCUT2D eigenvalue weighted by atomic mass is 9.96. The molecule has 0 radical (unpaired) electrons. The van der Waals surface area contributed by atoms with Gasteiger partial charge in [0, 0.05) is 29.1 Å². The van der Waals surface area contributed by atoms with Crippen LogP contribution in [0.15, 0.2) is 55.0 Å². The fraction of sp³-hybridized carbons (Fsp3) is 0.269. The van der Waals surface area contributed by atoms with E-state index in [9.17, 15) is 48.7 Å². The largest absolute Gasteiger partial charge is 0.460 e. The number of urea groups is 1. The fourth-order valence-electron chi connectivity index (χ4n) is 4.11. The number of nitrogens with zero attached hydrogens (tertiary/aromatic N) is 3. The topological polar surface area (TPSA) is 97.9 Å². The van der Waals surface area contributed by atoms with Gasteiger partial charge in [-0.05, 0) is 49.7 Å². The van der Waals surface area contributed by atoms with Crippen molar-refractivity contribution in [3.05, 3.63) is 66.4 Å². The molecule has 4 aromatic rings. The van der Waals surface area contributed by atoms with Crippen LogP contribution < -0.4 is 16.4 Å². The number of amides is 2. The van der Waals surface area contributed by atoms with Gasteiger partial charge < -0.3 is 20.9 Å². The van der Waals surface area contributed by atoms with Crippen LogP contribution in [0.5, 0.6) is 0 Å². The van der Waals surface area contributed by atoms with Crippen molar-refractivity contribution in [2.75, 3.05) is 16.4 Å². The van der Waals surface area contributed by atoms with Crippen molar-refractivity contribution in [3.8, 4) is 11.1 Å². The van der Waals surface area contributed by atoms with Gasteiger partial charge in [-0.3, -0.25) is 0 Å². The number of benzene rings is 2. The van der Waals surface area contributed by atoms with E-state index in [0.29, 0.717) is 22.2 Å². The predicted molar refractivity (Wildman–Crippen MR) is 137 cm³/mol. The van der Waals surface area contributed by atoms with Crippen molar-refractivity contribution in [2.24, 2.45) is 0 Å². The van der Waals surface area contributed by atoms with Crippen LogP contribution in [0.3, 0.4) is 0 Å². The van der Waals surface area contributed by atoms with E-state index < -0.39 is 47.0 Å². The number of anilines is 3. The average molecular weight is 622 g/mol. The van der Waals surface area contributed by atoms with Crippen LogP contribution >= 0.6 is 0 Å². The van der Waals surface area contributed by atoms with Crippen LogP contribution in [0, 0.1) is 5.82 Å². The number of alkyl halides is 9.